The molecule has 0 amide bonds. The van der Waals surface area contributed by atoms with Crippen LogP contribution in [0.1, 0.15) is 57.3 Å². The SMILES string of the molecule is Cc1cc(-c2cncc(CN3CCC(N(Cc4cccc(-c5cc(C)c(C)c(C)c5)c4)c4ccccc4)CC3)c2)cc(C)c1C. The van der Waals surface area contributed by atoms with E-state index in [2.05, 4.69) is 141 Å². The monoisotopic (exact) mass is 593 g/mol. The minimum Gasteiger partial charge on any atom is -0.364 e. The maximum absolute atomic E-state index is 4.65. The number of piperidine rings is 1. The molecule has 0 saturated carbocycles. The van der Waals surface area contributed by atoms with E-state index in [9.17, 15) is 0 Å². The first-order valence-corrected chi connectivity index (χ1v) is 16.5. The average Bonchev–Trinajstić information content (AvgIpc) is 3.05. The molecule has 0 N–H and O–H groups in total. The lowest BCUT2D eigenvalue weighted by atomic mass is 9.95. The van der Waals surface area contributed by atoms with Gasteiger partial charge < -0.3 is 4.90 Å². The second-order valence-electron chi connectivity index (χ2n) is 13.2. The second kappa shape index (κ2) is 13.4. The Balaban J connectivity index is 1.16. The van der Waals surface area contributed by atoms with Crippen molar-refractivity contribution in [3.05, 3.63) is 142 Å². The van der Waals surface area contributed by atoms with Gasteiger partial charge in [-0.05, 0) is 140 Å². The fourth-order valence-electron chi connectivity index (χ4n) is 6.88. The number of aryl methyl sites for hydroxylation is 4. The predicted molar refractivity (Wildman–Crippen MR) is 191 cm³/mol. The molecule has 3 heteroatoms. The summed E-state index contributed by atoms with van der Waals surface area (Å²) in [4.78, 5) is 9.90. The van der Waals surface area contributed by atoms with E-state index in [1.54, 1.807) is 0 Å². The molecule has 3 nitrogen and oxygen atoms in total. The molecule has 4 aromatic carbocycles. The Hall–Kier alpha value is -4.21. The van der Waals surface area contributed by atoms with Crippen molar-refractivity contribution in [3.8, 4) is 22.3 Å². The van der Waals surface area contributed by atoms with Crippen LogP contribution >= 0.6 is 0 Å². The molecule has 1 aliphatic heterocycles. The molecule has 1 saturated heterocycles. The molecule has 0 aliphatic carbocycles. The summed E-state index contributed by atoms with van der Waals surface area (Å²) in [6, 6.07) is 32.3. The van der Waals surface area contributed by atoms with Gasteiger partial charge >= 0.3 is 0 Å². The Morgan fingerprint density at radius 1 is 0.600 bits per heavy atom. The Morgan fingerprint density at radius 3 is 1.80 bits per heavy atom. The maximum Gasteiger partial charge on any atom is 0.0432 e. The van der Waals surface area contributed by atoms with Crippen LogP contribution in [0.2, 0.25) is 0 Å². The third-order valence-electron chi connectivity index (χ3n) is 10.1. The Kier molecular flexibility index (Phi) is 9.19. The van der Waals surface area contributed by atoms with Gasteiger partial charge in [0.1, 0.15) is 0 Å². The minimum absolute atomic E-state index is 0.499. The summed E-state index contributed by atoms with van der Waals surface area (Å²) >= 11 is 0. The van der Waals surface area contributed by atoms with E-state index in [0.29, 0.717) is 6.04 Å². The fraction of sp³-hybridized carbons (Fsp3) is 0.310. The van der Waals surface area contributed by atoms with Gasteiger partial charge in [0, 0.05) is 55.9 Å². The fourth-order valence-corrected chi connectivity index (χ4v) is 6.88. The predicted octanol–water partition coefficient (Wildman–Crippen LogP) is 9.94. The van der Waals surface area contributed by atoms with E-state index in [1.165, 1.54) is 72.4 Å². The van der Waals surface area contributed by atoms with E-state index >= 15 is 0 Å². The molecule has 0 atom stereocenters. The zero-order valence-electron chi connectivity index (χ0n) is 27.9. The normalized spacial score (nSPS) is 14.1. The lowest BCUT2D eigenvalue weighted by Crippen LogP contribution is -2.44. The minimum atomic E-state index is 0.499. The Labute approximate surface area is 270 Å². The first kappa shape index (κ1) is 30.8. The van der Waals surface area contributed by atoms with Crippen molar-refractivity contribution < 1.29 is 0 Å². The summed E-state index contributed by atoms with van der Waals surface area (Å²) < 4.78 is 0. The van der Waals surface area contributed by atoms with Crippen LogP contribution in [0.25, 0.3) is 22.3 Å². The van der Waals surface area contributed by atoms with E-state index in [4.69, 9.17) is 0 Å². The molecule has 1 aromatic heterocycles. The molecule has 5 aromatic rings. The van der Waals surface area contributed by atoms with Crippen LogP contribution in [0.5, 0.6) is 0 Å². The van der Waals surface area contributed by atoms with E-state index < -0.39 is 0 Å². The molecule has 2 heterocycles. The Bertz CT molecular complexity index is 1730. The van der Waals surface area contributed by atoms with Crippen molar-refractivity contribution in [1.82, 2.24) is 9.88 Å². The molecule has 0 spiro atoms. The molecule has 6 rings (SSSR count). The number of rotatable bonds is 8. The number of hydrogen-bond acceptors (Lipinski definition) is 3. The number of anilines is 1. The number of benzene rings is 4. The zero-order valence-corrected chi connectivity index (χ0v) is 27.9. The van der Waals surface area contributed by atoms with Gasteiger partial charge in [0.2, 0.25) is 0 Å². The van der Waals surface area contributed by atoms with Crippen molar-refractivity contribution in [3.63, 3.8) is 0 Å². The molecular weight excluding hydrogens is 546 g/mol. The van der Waals surface area contributed by atoms with Gasteiger partial charge in [-0.15, -0.1) is 0 Å². The molecule has 1 fully saturated rings. The van der Waals surface area contributed by atoms with Gasteiger partial charge in [-0.3, -0.25) is 9.88 Å². The highest BCUT2D eigenvalue weighted by atomic mass is 15.2. The molecule has 1 aliphatic rings. The van der Waals surface area contributed by atoms with E-state index in [0.717, 1.165) is 39.0 Å². The highest BCUT2D eigenvalue weighted by Gasteiger charge is 2.25. The molecule has 0 radical (unpaired) electrons. The van der Waals surface area contributed by atoms with Crippen LogP contribution < -0.4 is 4.90 Å². The average molecular weight is 594 g/mol. The first-order chi connectivity index (χ1) is 21.7. The third-order valence-corrected chi connectivity index (χ3v) is 10.1. The van der Waals surface area contributed by atoms with Gasteiger partial charge in [-0.2, -0.15) is 0 Å². The summed E-state index contributed by atoms with van der Waals surface area (Å²) in [7, 11) is 0. The van der Waals surface area contributed by atoms with Gasteiger partial charge in [-0.25, -0.2) is 0 Å². The van der Waals surface area contributed by atoms with Crippen LogP contribution in [0.15, 0.2) is 97.3 Å². The molecule has 45 heavy (non-hydrogen) atoms. The van der Waals surface area contributed by atoms with Crippen LogP contribution in [0, 0.1) is 41.5 Å². The number of para-hydroxylation sites is 1. The summed E-state index contributed by atoms with van der Waals surface area (Å²) in [5, 5.41) is 0. The largest absolute Gasteiger partial charge is 0.364 e. The molecule has 0 unspecified atom stereocenters. The van der Waals surface area contributed by atoms with Gasteiger partial charge in [0.15, 0.2) is 0 Å². The number of likely N-dealkylation sites (tertiary alicyclic amines) is 1. The summed E-state index contributed by atoms with van der Waals surface area (Å²) in [5.41, 5.74) is 17.2. The highest BCUT2D eigenvalue weighted by molar-refractivity contribution is 5.68. The lowest BCUT2D eigenvalue weighted by Gasteiger charge is -2.40. The standard InChI is InChI=1S/C42H47N3/c1-29-19-38(20-30(2)33(29)5)37-12-10-11-35(23-37)28-45(41-13-8-7-9-14-41)42-15-17-44(18-16-42)27-36-24-40(26-43-25-36)39-21-31(3)34(6)32(4)22-39/h7-14,19-26,42H,15-18,27-28H2,1-6H3. The molecule has 0 bridgehead atoms. The number of aromatic nitrogens is 1. The van der Waals surface area contributed by atoms with E-state index in [-0.39, 0.29) is 0 Å². The lowest BCUT2D eigenvalue weighted by molar-refractivity contribution is 0.200. The summed E-state index contributed by atoms with van der Waals surface area (Å²) in [6.07, 6.45) is 6.35. The van der Waals surface area contributed by atoms with Crippen molar-refractivity contribution in [1.29, 1.82) is 0 Å². The maximum atomic E-state index is 4.65. The Morgan fingerprint density at radius 2 is 1.18 bits per heavy atom. The van der Waals surface area contributed by atoms with E-state index in [1.807, 2.05) is 12.4 Å². The van der Waals surface area contributed by atoms with Gasteiger partial charge in [-0.1, -0.05) is 60.7 Å². The smallest absolute Gasteiger partial charge is 0.0432 e. The van der Waals surface area contributed by atoms with Crippen LogP contribution in [0.4, 0.5) is 5.69 Å². The molecule has 230 valence electrons. The van der Waals surface area contributed by atoms with Crippen LogP contribution in [0.3, 0.4) is 0 Å². The van der Waals surface area contributed by atoms with Crippen LogP contribution in [-0.4, -0.2) is 29.0 Å². The quantitative estimate of drug-likeness (QED) is 0.178. The van der Waals surface area contributed by atoms with Crippen LogP contribution in [-0.2, 0) is 13.1 Å². The number of hydrogen-bond donors (Lipinski definition) is 0. The zero-order chi connectivity index (χ0) is 31.5. The topological polar surface area (TPSA) is 19.4 Å². The molecular formula is C42H47N3. The van der Waals surface area contributed by atoms with Crippen molar-refractivity contribution >= 4 is 5.69 Å². The van der Waals surface area contributed by atoms with Crippen molar-refractivity contribution in [2.24, 2.45) is 0 Å². The van der Waals surface area contributed by atoms with Crippen molar-refractivity contribution in [2.45, 2.75) is 73.5 Å². The third kappa shape index (κ3) is 7.05. The first-order valence-electron chi connectivity index (χ1n) is 16.5. The van der Waals surface area contributed by atoms with Gasteiger partial charge in [0.25, 0.3) is 0 Å². The van der Waals surface area contributed by atoms with Gasteiger partial charge in [0.05, 0.1) is 0 Å². The summed E-state index contributed by atoms with van der Waals surface area (Å²) in [6.45, 7) is 17.3. The highest BCUT2D eigenvalue weighted by Crippen LogP contribution is 2.30. The second-order valence-corrected chi connectivity index (χ2v) is 13.2. The number of nitrogens with zero attached hydrogens (tertiary/aromatic N) is 3. The number of pyridine rings is 1. The summed E-state index contributed by atoms with van der Waals surface area (Å²) in [5.74, 6) is 0. The van der Waals surface area contributed by atoms with Crippen molar-refractivity contribution in [2.75, 3.05) is 18.0 Å².